The van der Waals surface area contributed by atoms with E-state index in [1.165, 1.54) is 6.26 Å². The molecule has 0 fully saturated rings. The minimum absolute atomic E-state index is 0.208. The van der Waals surface area contributed by atoms with Crippen LogP contribution in [-0.2, 0) is 0 Å². The Morgan fingerprint density at radius 2 is 2.56 bits per heavy atom. The third-order valence-electron chi connectivity index (χ3n) is 0.831. The molecule has 0 aliphatic carbocycles. The predicted octanol–water partition coefficient (Wildman–Crippen LogP) is 1.36. The highest BCUT2D eigenvalue weighted by Gasteiger charge is 2.03. The highest BCUT2D eigenvalue weighted by molar-refractivity contribution is 14.1. The maximum absolute atomic E-state index is 10.7. The molecule has 0 saturated heterocycles. The van der Waals surface area contributed by atoms with Gasteiger partial charge < -0.3 is 4.42 Å². The van der Waals surface area contributed by atoms with Crippen molar-refractivity contribution in [3.8, 4) is 0 Å². The lowest BCUT2D eigenvalue weighted by Gasteiger charge is -1.88. The summed E-state index contributed by atoms with van der Waals surface area (Å²) in [6, 6.07) is 3.27. The molecule has 4 heteroatoms. The van der Waals surface area contributed by atoms with Crippen molar-refractivity contribution >= 4 is 28.8 Å². The maximum Gasteiger partial charge on any atom is 0.295 e. The smallest absolute Gasteiger partial charge is 0.295 e. The zero-order chi connectivity index (χ0) is 6.69. The van der Waals surface area contributed by atoms with Gasteiger partial charge in [-0.05, 0) is 12.1 Å². The lowest BCUT2D eigenvalue weighted by Crippen LogP contribution is -2.09. The van der Waals surface area contributed by atoms with Crippen molar-refractivity contribution in [3.05, 3.63) is 24.2 Å². The van der Waals surface area contributed by atoms with E-state index in [1.807, 2.05) is 0 Å². The second kappa shape index (κ2) is 2.86. The Morgan fingerprint density at radius 3 is 3.00 bits per heavy atom. The van der Waals surface area contributed by atoms with Gasteiger partial charge >= 0.3 is 0 Å². The van der Waals surface area contributed by atoms with Crippen molar-refractivity contribution in [2.24, 2.45) is 0 Å². The van der Waals surface area contributed by atoms with Crippen LogP contribution in [0.4, 0.5) is 0 Å². The van der Waals surface area contributed by atoms with E-state index in [2.05, 4.69) is 3.53 Å². The Kier molecular flexibility index (Phi) is 2.10. The summed E-state index contributed by atoms with van der Waals surface area (Å²) in [6.45, 7) is 0. The van der Waals surface area contributed by atoms with E-state index in [4.69, 9.17) is 4.42 Å². The van der Waals surface area contributed by atoms with Gasteiger partial charge in [0.15, 0.2) is 5.76 Å². The first-order valence-corrected chi connectivity index (χ1v) is 3.37. The summed E-state index contributed by atoms with van der Waals surface area (Å²) in [6.07, 6.45) is 1.46. The second-order valence-electron chi connectivity index (χ2n) is 1.40. The first-order chi connectivity index (χ1) is 4.34. The zero-order valence-corrected chi connectivity index (χ0v) is 6.58. The molecule has 0 bridgehead atoms. The molecule has 1 rings (SSSR count). The Morgan fingerprint density at radius 1 is 1.78 bits per heavy atom. The number of carbonyl (C=O) groups is 1. The molecule has 1 heterocycles. The summed E-state index contributed by atoms with van der Waals surface area (Å²) >= 11 is 1.75. The van der Waals surface area contributed by atoms with Crippen LogP contribution >= 0.6 is 22.9 Å². The van der Waals surface area contributed by atoms with Crippen LogP contribution in [0.1, 0.15) is 10.6 Å². The number of carbonyl (C=O) groups excluding carboxylic acids is 1. The summed E-state index contributed by atoms with van der Waals surface area (Å²) in [4.78, 5) is 10.7. The molecule has 0 aliphatic heterocycles. The SMILES string of the molecule is O=C(NI)c1ccco1. The average Bonchev–Trinajstić information content (AvgIpc) is 2.37. The molecule has 0 spiro atoms. The molecule has 0 saturated carbocycles. The Bertz CT molecular complexity index is 195. The fraction of sp³-hybridized carbons (Fsp3) is 0. The van der Waals surface area contributed by atoms with Gasteiger partial charge in [-0.3, -0.25) is 8.32 Å². The van der Waals surface area contributed by atoms with E-state index < -0.39 is 0 Å². The van der Waals surface area contributed by atoms with E-state index in [1.54, 1.807) is 35.0 Å². The van der Waals surface area contributed by atoms with Crippen LogP contribution in [0.5, 0.6) is 0 Å². The maximum atomic E-state index is 10.7. The molecular weight excluding hydrogens is 233 g/mol. The van der Waals surface area contributed by atoms with Crippen molar-refractivity contribution in [1.82, 2.24) is 3.53 Å². The molecular formula is C5H4INO2. The third kappa shape index (κ3) is 1.44. The van der Waals surface area contributed by atoms with Crippen LogP contribution < -0.4 is 3.53 Å². The van der Waals surface area contributed by atoms with Crippen LogP contribution in [-0.4, -0.2) is 5.91 Å². The second-order valence-corrected chi connectivity index (χ2v) is 1.94. The van der Waals surface area contributed by atoms with Crippen molar-refractivity contribution in [3.63, 3.8) is 0 Å². The Labute approximate surface area is 65.9 Å². The summed E-state index contributed by atoms with van der Waals surface area (Å²) in [5, 5.41) is 0. The number of furan rings is 1. The van der Waals surface area contributed by atoms with Crippen LogP contribution in [0, 0.1) is 0 Å². The van der Waals surface area contributed by atoms with E-state index in [0.717, 1.165) is 0 Å². The van der Waals surface area contributed by atoms with E-state index in [0.29, 0.717) is 5.76 Å². The lowest BCUT2D eigenvalue weighted by molar-refractivity contribution is 0.0963. The summed E-state index contributed by atoms with van der Waals surface area (Å²) in [5.74, 6) is 0.130. The fourth-order valence-corrected chi connectivity index (χ4v) is 0.720. The normalized spacial score (nSPS) is 9.00. The molecule has 1 aromatic heterocycles. The summed E-state index contributed by atoms with van der Waals surface area (Å²) in [5.41, 5.74) is 0. The fourth-order valence-electron chi connectivity index (χ4n) is 0.454. The molecule has 3 nitrogen and oxygen atoms in total. The Balaban J connectivity index is 2.77. The van der Waals surface area contributed by atoms with Gasteiger partial charge in [0, 0.05) is 0 Å². The van der Waals surface area contributed by atoms with Gasteiger partial charge in [0.25, 0.3) is 5.91 Å². The van der Waals surface area contributed by atoms with Crippen LogP contribution in [0.2, 0.25) is 0 Å². The van der Waals surface area contributed by atoms with Crippen molar-refractivity contribution < 1.29 is 9.21 Å². The molecule has 1 aromatic rings. The lowest BCUT2D eigenvalue weighted by atomic mass is 10.4. The van der Waals surface area contributed by atoms with Gasteiger partial charge in [-0.15, -0.1) is 0 Å². The number of nitrogens with one attached hydrogen (secondary N) is 1. The van der Waals surface area contributed by atoms with E-state index >= 15 is 0 Å². The first kappa shape index (κ1) is 6.60. The standard InChI is InChI=1S/C5H4INO2/c6-7-5(8)4-2-1-3-9-4/h1-3H,(H,7,8). The number of rotatable bonds is 1. The van der Waals surface area contributed by atoms with Gasteiger partial charge in [-0.1, -0.05) is 0 Å². The molecule has 9 heavy (non-hydrogen) atoms. The molecule has 1 amide bonds. The quantitative estimate of drug-likeness (QED) is 0.591. The first-order valence-electron chi connectivity index (χ1n) is 2.29. The van der Waals surface area contributed by atoms with Gasteiger partial charge in [0.1, 0.15) is 0 Å². The molecule has 0 unspecified atom stereocenters. The number of amides is 1. The number of hydrogen-bond acceptors (Lipinski definition) is 2. The molecule has 48 valence electrons. The Hall–Kier alpha value is -0.520. The largest absolute Gasteiger partial charge is 0.459 e. The molecule has 0 aliphatic rings. The molecule has 0 radical (unpaired) electrons. The molecule has 0 atom stereocenters. The van der Waals surface area contributed by atoms with E-state index in [9.17, 15) is 4.79 Å². The van der Waals surface area contributed by atoms with Gasteiger partial charge in [-0.2, -0.15) is 0 Å². The van der Waals surface area contributed by atoms with Crippen LogP contribution in [0.25, 0.3) is 0 Å². The van der Waals surface area contributed by atoms with Crippen LogP contribution in [0.3, 0.4) is 0 Å². The molecule has 1 N–H and O–H groups in total. The molecule has 0 aromatic carbocycles. The summed E-state index contributed by atoms with van der Waals surface area (Å²) in [7, 11) is 0. The third-order valence-corrected chi connectivity index (χ3v) is 1.32. The average molecular weight is 237 g/mol. The monoisotopic (exact) mass is 237 g/mol. The van der Waals surface area contributed by atoms with Crippen molar-refractivity contribution in [2.45, 2.75) is 0 Å². The number of halogens is 1. The summed E-state index contributed by atoms with van der Waals surface area (Å²) < 4.78 is 7.17. The van der Waals surface area contributed by atoms with Crippen molar-refractivity contribution in [2.75, 3.05) is 0 Å². The predicted molar refractivity (Wildman–Crippen MR) is 40.2 cm³/mol. The minimum atomic E-state index is -0.208. The van der Waals surface area contributed by atoms with E-state index in [-0.39, 0.29) is 5.91 Å². The van der Waals surface area contributed by atoms with Crippen molar-refractivity contribution in [1.29, 1.82) is 0 Å². The topological polar surface area (TPSA) is 42.2 Å². The van der Waals surface area contributed by atoms with Gasteiger partial charge in [0.2, 0.25) is 0 Å². The highest BCUT2D eigenvalue weighted by Crippen LogP contribution is 1.99. The minimum Gasteiger partial charge on any atom is -0.459 e. The highest BCUT2D eigenvalue weighted by atomic mass is 127. The zero-order valence-electron chi connectivity index (χ0n) is 4.43. The number of hydrogen-bond donors (Lipinski definition) is 1. The van der Waals surface area contributed by atoms with Crippen LogP contribution in [0.15, 0.2) is 22.8 Å². The van der Waals surface area contributed by atoms with Gasteiger partial charge in [0.05, 0.1) is 29.1 Å². The van der Waals surface area contributed by atoms with Gasteiger partial charge in [-0.25, -0.2) is 0 Å².